The summed E-state index contributed by atoms with van der Waals surface area (Å²) in [5.41, 5.74) is 1.74. The van der Waals surface area contributed by atoms with Crippen LogP contribution in [0.25, 0.3) is 0 Å². The van der Waals surface area contributed by atoms with E-state index in [1.54, 1.807) is 18.3 Å². The summed E-state index contributed by atoms with van der Waals surface area (Å²) in [6, 6.07) is 10.3. The van der Waals surface area contributed by atoms with Crippen LogP contribution in [0.4, 0.5) is 14.7 Å². The number of nitrogens with zero attached hydrogens (tertiary/aromatic N) is 4. The minimum Gasteiger partial charge on any atom is -0.371 e. The number of aromatic nitrogens is 4. The first-order chi connectivity index (χ1) is 16.6. The maximum absolute atomic E-state index is 13.3. The van der Waals surface area contributed by atoms with Gasteiger partial charge in [0.15, 0.2) is 6.23 Å². The quantitative estimate of drug-likeness (QED) is 0.283. The standard InChI is InChI=1S/C24H31FN6O2S/c1-2-33-21(17-9-11-18(25)12-10-17)22(32)28-24-31-30-23(34-24)27-19-6-3-5-16(8-13-19)15-20-7-4-14-26-29-20/h4,7,9-12,14,16,19,21-22,32H,2-3,5-6,8,13,15H2,1H3,(H,27,30)(H,28,31). The van der Waals surface area contributed by atoms with Crippen LogP contribution in [0.2, 0.25) is 0 Å². The molecule has 182 valence electrons. The SMILES string of the molecule is CCOC(c1ccc(F)cc1)C(O)Nc1nnc(NC2CCCC(Cc3cccnn3)CC2)s1. The van der Waals surface area contributed by atoms with Crippen LogP contribution in [0.3, 0.4) is 0 Å². The second-order valence-corrected chi connectivity index (χ2v) is 9.54. The van der Waals surface area contributed by atoms with Gasteiger partial charge in [-0.1, -0.05) is 29.9 Å². The van der Waals surface area contributed by atoms with Gasteiger partial charge < -0.3 is 20.5 Å². The van der Waals surface area contributed by atoms with Crippen LogP contribution >= 0.6 is 11.3 Å². The van der Waals surface area contributed by atoms with E-state index in [9.17, 15) is 9.50 Å². The Morgan fingerprint density at radius 1 is 1.09 bits per heavy atom. The van der Waals surface area contributed by atoms with Crippen molar-refractivity contribution in [3.63, 3.8) is 0 Å². The van der Waals surface area contributed by atoms with Gasteiger partial charge in [-0.05, 0) is 74.8 Å². The van der Waals surface area contributed by atoms with Gasteiger partial charge in [0, 0.05) is 18.8 Å². The molecular weight excluding hydrogens is 455 g/mol. The van der Waals surface area contributed by atoms with Gasteiger partial charge in [0.25, 0.3) is 0 Å². The first-order valence-electron chi connectivity index (χ1n) is 11.8. The number of hydrogen-bond acceptors (Lipinski definition) is 9. The van der Waals surface area contributed by atoms with Gasteiger partial charge in [-0.3, -0.25) is 0 Å². The first kappa shape index (κ1) is 24.4. The fourth-order valence-electron chi connectivity index (χ4n) is 4.38. The Bertz CT molecular complexity index is 1010. The van der Waals surface area contributed by atoms with Crippen molar-refractivity contribution in [2.24, 2.45) is 5.92 Å². The Morgan fingerprint density at radius 2 is 1.91 bits per heavy atom. The molecule has 4 atom stereocenters. The molecule has 4 rings (SSSR count). The van der Waals surface area contributed by atoms with E-state index in [0.29, 0.717) is 29.3 Å². The number of aliphatic hydroxyl groups is 1. The summed E-state index contributed by atoms with van der Waals surface area (Å²) in [6.45, 7) is 2.25. The summed E-state index contributed by atoms with van der Waals surface area (Å²) in [5.74, 6) is 0.284. The Balaban J connectivity index is 1.30. The van der Waals surface area contributed by atoms with E-state index in [4.69, 9.17) is 4.74 Å². The number of halogens is 1. The van der Waals surface area contributed by atoms with E-state index in [2.05, 4.69) is 31.0 Å². The lowest BCUT2D eigenvalue weighted by Crippen LogP contribution is -2.29. The summed E-state index contributed by atoms with van der Waals surface area (Å²) in [7, 11) is 0. The van der Waals surface area contributed by atoms with Crippen LogP contribution in [0.5, 0.6) is 0 Å². The minimum atomic E-state index is -1.05. The number of rotatable bonds is 10. The molecule has 1 aliphatic rings. The third-order valence-corrected chi connectivity index (χ3v) is 6.85. The van der Waals surface area contributed by atoms with E-state index in [1.807, 2.05) is 19.1 Å². The summed E-state index contributed by atoms with van der Waals surface area (Å²) in [5, 5.41) is 35.1. The highest BCUT2D eigenvalue weighted by Gasteiger charge is 2.24. The van der Waals surface area contributed by atoms with Crippen LogP contribution < -0.4 is 10.6 Å². The molecule has 0 saturated heterocycles. The molecule has 0 amide bonds. The van der Waals surface area contributed by atoms with Gasteiger partial charge in [-0.25, -0.2) is 4.39 Å². The van der Waals surface area contributed by atoms with Crippen molar-refractivity contribution in [1.82, 2.24) is 20.4 Å². The lowest BCUT2D eigenvalue weighted by molar-refractivity contribution is -0.0218. The van der Waals surface area contributed by atoms with Crippen molar-refractivity contribution in [3.05, 3.63) is 59.7 Å². The molecule has 3 N–H and O–H groups in total. The zero-order valence-corrected chi connectivity index (χ0v) is 20.0. The second kappa shape index (κ2) is 12.1. The van der Waals surface area contributed by atoms with E-state index in [-0.39, 0.29) is 5.82 Å². The van der Waals surface area contributed by atoms with Crippen LogP contribution in [-0.2, 0) is 11.2 Å². The summed E-state index contributed by atoms with van der Waals surface area (Å²) >= 11 is 1.36. The fraction of sp³-hybridized carbons (Fsp3) is 0.500. The molecule has 0 bridgehead atoms. The highest BCUT2D eigenvalue weighted by molar-refractivity contribution is 7.19. The molecule has 4 unspecified atom stereocenters. The molecular formula is C24H31FN6O2S. The van der Waals surface area contributed by atoms with Crippen LogP contribution in [0, 0.1) is 11.7 Å². The lowest BCUT2D eigenvalue weighted by atomic mass is 9.95. The molecule has 1 saturated carbocycles. The van der Waals surface area contributed by atoms with Crippen LogP contribution in [0.15, 0.2) is 42.6 Å². The topological polar surface area (TPSA) is 105 Å². The molecule has 1 aromatic carbocycles. The molecule has 1 aliphatic carbocycles. The maximum atomic E-state index is 13.3. The molecule has 0 radical (unpaired) electrons. The van der Waals surface area contributed by atoms with Gasteiger partial charge in [0.2, 0.25) is 10.3 Å². The Hall–Kier alpha value is -2.69. The Labute approximate surface area is 203 Å². The van der Waals surface area contributed by atoms with Crippen molar-refractivity contribution in [2.75, 3.05) is 17.2 Å². The third-order valence-electron chi connectivity index (χ3n) is 6.07. The van der Waals surface area contributed by atoms with Crippen molar-refractivity contribution in [3.8, 4) is 0 Å². The lowest BCUT2D eigenvalue weighted by Gasteiger charge is -2.23. The summed E-state index contributed by atoms with van der Waals surface area (Å²) in [4.78, 5) is 0. The highest BCUT2D eigenvalue weighted by Crippen LogP contribution is 2.30. The van der Waals surface area contributed by atoms with Crippen molar-refractivity contribution in [1.29, 1.82) is 0 Å². The first-order valence-corrected chi connectivity index (χ1v) is 12.6. The average Bonchev–Trinajstić information content (AvgIpc) is 3.16. The molecule has 3 aromatic rings. The maximum Gasteiger partial charge on any atom is 0.209 e. The van der Waals surface area contributed by atoms with Gasteiger partial charge in [-0.2, -0.15) is 10.2 Å². The number of anilines is 2. The molecule has 2 aromatic heterocycles. The number of hydrogen-bond donors (Lipinski definition) is 3. The van der Waals surface area contributed by atoms with E-state index < -0.39 is 12.3 Å². The smallest absolute Gasteiger partial charge is 0.209 e. The Morgan fingerprint density at radius 3 is 2.68 bits per heavy atom. The zero-order chi connectivity index (χ0) is 23.8. The van der Waals surface area contributed by atoms with Crippen molar-refractivity contribution >= 4 is 21.6 Å². The van der Waals surface area contributed by atoms with Crippen LogP contribution in [0.1, 0.15) is 56.4 Å². The van der Waals surface area contributed by atoms with Gasteiger partial charge in [0.05, 0.1) is 5.69 Å². The normalized spacial score (nSPS) is 20.3. The van der Waals surface area contributed by atoms with Gasteiger partial charge >= 0.3 is 0 Å². The second-order valence-electron chi connectivity index (χ2n) is 8.56. The summed E-state index contributed by atoms with van der Waals surface area (Å²) < 4.78 is 19.0. The third kappa shape index (κ3) is 6.91. The van der Waals surface area contributed by atoms with Crippen LogP contribution in [-0.4, -0.2) is 44.4 Å². The molecule has 8 nitrogen and oxygen atoms in total. The number of ether oxygens (including phenoxy) is 1. The number of benzene rings is 1. The predicted molar refractivity (Wildman–Crippen MR) is 130 cm³/mol. The number of nitrogens with one attached hydrogen (secondary N) is 2. The monoisotopic (exact) mass is 486 g/mol. The van der Waals surface area contributed by atoms with E-state index in [0.717, 1.165) is 42.9 Å². The molecule has 34 heavy (non-hydrogen) atoms. The fourth-order valence-corrected chi connectivity index (χ4v) is 5.14. The number of aliphatic hydroxyl groups excluding tert-OH is 1. The van der Waals surface area contributed by atoms with E-state index in [1.165, 1.54) is 29.9 Å². The molecule has 0 spiro atoms. The van der Waals surface area contributed by atoms with Gasteiger partial charge in [-0.15, -0.1) is 10.2 Å². The summed E-state index contributed by atoms with van der Waals surface area (Å²) in [6.07, 6.45) is 6.59. The van der Waals surface area contributed by atoms with Crippen molar-refractivity contribution in [2.45, 2.75) is 63.8 Å². The van der Waals surface area contributed by atoms with Crippen molar-refractivity contribution < 1.29 is 14.2 Å². The Kier molecular flexibility index (Phi) is 8.73. The predicted octanol–water partition coefficient (Wildman–Crippen LogP) is 4.58. The van der Waals surface area contributed by atoms with E-state index >= 15 is 0 Å². The molecule has 2 heterocycles. The minimum absolute atomic E-state index is 0.333. The average molecular weight is 487 g/mol. The molecule has 10 heteroatoms. The largest absolute Gasteiger partial charge is 0.371 e. The molecule has 1 fully saturated rings. The van der Waals surface area contributed by atoms with Gasteiger partial charge in [0.1, 0.15) is 11.9 Å². The molecule has 0 aliphatic heterocycles. The highest BCUT2D eigenvalue weighted by atomic mass is 32.1. The zero-order valence-electron chi connectivity index (χ0n) is 19.2.